The fraction of sp³-hybridized carbons (Fsp3) is 0.909. The lowest BCUT2D eigenvalue weighted by atomic mass is 10.2. The third-order valence-corrected chi connectivity index (χ3v) is 4.13. The molecule has 1 aliphatic rings. The lowest BCUT2D eigenvalue weighted by Gasteiger charge is -2.31. The summed E-state index contributed by atoms with van der Waals surface area (Å²) in [5.41, 5.74) is 0. The first-order valence-electron chi connectivity index (χ1n) is 5.67. The zero-order chi connectivity index (χ0) is 11.1. The first kappa shape index (κ1) is 12.8. The predicted molar refractivity (Wildman–Crippen MR) is 64.2 cm³/mol. The van der Waals surface area contributed by atoms with Gasteiger partial charge in [-0.1, -0.05) is 6.92 Å². The van der Waals surface area contributed by atoms with Gasteiger partial charge in [-0.25, -0.2) is 0 Å². The number of nitrogens with zero attached hydrogens (tertiary/aromatic N) is 1. The average Bonchev–Trinajstić information content (AvgIpc) is 2.29. The summed E-state index contributed by atoms with van der Waals surface area (Å²) in [6, 6.07) is 0. The molecule has 3 nitrogen and oxygen atoms in total. The van der Waals surface area contributed by atoms with Crippen molar-refractivity contribution in [1.29, 1.82) is 0 Å². The Labute approximate surface area is 96.5 Å². The van der Waals surface area contributed by atoms with Gasteiger partial charge in [0.2, 0.25) is 0 Å². The monoisotopic (exact) mass is 231 g/mol. The van der Waals surface area contributed by atoms with Crippen LogP contribution in [0.15, 0.2) is 0 Å². The zero-order valence-corrected chi connectivity index (χ0v) is 10.5. The van der Waals surface area contributed by atoms with Crippen LogP contribution in [-0.2, 0) is 9.53 Å². The SMILES string of the molecule is CCC1CN(CCCC(=O)OC)CCS1. The Balaban J connectivity index is 2.12. The Morgan fingerprint density at radius 3 is 3.07 bits per heavy atom. The largest absolute Gasteiger partial charge is 0.469 e. The zero-order valence-electron chi connectivity index (χ0n) is 9.70. The Morgan fingerprint density at radius 2 is 2.40 bits per heavy atom. The maximum atomic E-state index is 10.9. The molecule has 0 amide bonds. The molecule has 15 heavy (non-hydrogen) atoms. The van der Waals surface area contributed by atoms with E-state index in [1.165, 1.54) is 32.4 Å². The molecular formula is C11H21NO2S. The summed E-state index contributed by atoms with van der Waals surface area (Å²) in [4.78, 5) is 13.4. The van der Waals surface area contributed by atoms with Gasteiger partial charge in [-0.05, 0) is 19.4 Å². The van der Waals surface area contributed by atoms with Crippen LogP contribution in [0.25, 0.3) is 0 Å². The molecule has 88 valence electrons. The van der Waals surface area contributed by atoms with Crippen LogP contribution in [0.5, 0.6) is 0 Å². The molecule has 0 radical (unpaired) electrons. The minimum Gasteiger partial charge on any atom is -0.469 e. The molecule has 1 aliphatic heterocycles. The molecular weight excluding hydrogens is 210 g/mol. The average molecular weight is 231 g/mol. The maximum absolute atomic E-state index is 10.9. The minimum atomic E-state index is -0.0894. The molecule has 4 heteroatoms. The minimum absolute atomic E-state index is 0.0894. The Hall–Kier alpha value is -0.220. The molecule has 0 N–H and O–H groups in total. The molecule has 1 unspecified atom stereocenters. The number of methoxy groups -OCH3 is 1. The van der Waals surface area contributed by atoms with Crippen molar-refractivity contribution in [2.75, 3.05) is 32.5 Å². The number of hydrogen-bond donors (Lipinski definition) is 0. The molecule has 0 spiro atoms. The summed E-state index contributed by atoms with van der Waals surface area (Å²) >= 11 is 2.08. The van der Waals surface area contributed by atoms with Gasteiger partial charge in [-0.15, -0.1) is 0 Å². The van der Waals surface area contributed by atoms with Crippen LogP contribution in [0.1, 0.15) is 26.2 Å². The lowest BCUT2D eigenvalue weighted by molar-refractivity contribution is -0.140. The smallest absolute Gasteiger partial charge is 0.305 e. The van der Waals surface area contributed by atoms with E-state index >= 15 is 0 Å². The van der Waals surface area contributed by atoms with Crippen LogP contribution in [0.3, 0.4) is 0 Å². The van der Waals surface area contributed by atoms with Crippen molar-refractivity contribution < 1.29 is 9.53 Å². The van der Waals surface area contributed by atoms with Crippen molar-refractivity contribution in [3.63, 3.8) is 0 Å². The number of ether oxygens (including phenoxy) is 1. The summed E-state index contributed by atoms with van der Waals surface area (Å²) in [5.74, 6) is 1.14. The summed E-state index contributed by atoms with van der Waals surface area (Å²) in [6.45, 7) is 5.63. The fourth-order valence-electron chi connectivity index (χ4n) is 1.78. The van der Waals surface area contributed by atoms with E-state index in [4.69, 9.17) is 0 Å². The molecule has 0 saturated carbocycles. The van der Waals surface area contributed by atoms with Gasteiger partial charge in [0, 0.05) is 30.5 Å². The fourth-order valence-corrected chi connectivity index (χ4v) is 3.03. The number of carbonyl (C=O) groups is 1. The van der Waals surface area contributed by atoms with Gasteiger partial charge in [-0.2, -0.15) is 11.8 Å². The third kappa shape index (κ3) is 4.89. The number of hydrogen-bond acceptors (Lipinski definition) is 4. The second-order valence-corrected chi connectivity index (χ2v) is 5.29. The molecule has 1 fully saturated rings. The normalized spacial score (nSPS) is 22.7. The van der Waals surface area contributed by atoms with Crippen molar-refractivity contribution >= 4 is 17.7 Å². The van der Waals surface area contributed by atoms with Crippen molar-refractivity contribution in [3.05, 3.63) is 0 Å². The molecule has 0 bridgehead atoms. The van der Waals surface area contributed by atoms with Crippen LogP contribution in [0, 0.1) is 0 Å². The van der Waals surface area contributed by atoms with Crippen molar-refractivity contribution in [2.24, 2.45) is 0 Å². The van der Waals surface area contributed by atoms with Gasteiger partial charge in [0.1, 0.15) is 0 Å². The summed E-state index contributed by atoms with van der Waals surface area (Å²) in [6.07, 6.45) is 2.73. The van der Waals surface area contributed by atoms with Crippen molar-refractivity contribution in [2.45, 2.75) is 31.4 Å². The highest BCUT2D eigenvalue weighted by molar-refractivity contribution is 8.00. The second-order valence-electron chi connectivity index (χ2n) is 3.88. The van der Waals surface area contributed by atoms with Gasteiger partial charge in [0.05, 0.1) is 7.11 Å². The summed E-state index contributed by atoms with van der Waals surface area (Å²) in [5, 5.41) is 0.789. The Morgan fingerprint density at radius 1 is 1.60 bits per heavy atom. The van der Waals surface area contributed by atoms with E-state index in [0.29, 0.717) is 6.42 Å². The number of esters is 1. The van der Waals surface area contributed by atoms with Crippen molar-refractivity contribution in [3.8, 4) is 0 Å². The molecule has 1 atom stereocenters. The number of carbonyl (C=O) groups excluding carboxylic acids is 1. The van der Waals surface area contributed by atoms with Crippen LogP contribution in [-0.4, -0.2) is 48.6 Å². The van der Waals surface area contributed by atoms with E-state index in [1.54, 1.807) is 0 Å². The molecule has 0 aromatic heterocycles. The molecule has 1 saturated heterocycles. The Kier molecular flexibility index (Phi) is 6.10. The highest BCUT2D eigenvalue weighted by atomic mass is 32.2. The van der Waals surface area contributed by atoms with Gasteiger partial charge in [-0.3, -0.25) is 4.79 Å². The Bertz CT molecular complexity index is 199. The van der Waals surface area contributed by atoms with E-state index in [9.17, 15) is 4.79 Å². The van der Waals surface area contributed by atoms with E-state index in [2.05, 4.69) is 28.3 Å². The molecule has 0 aliphatic carbocycles. The standard InChI is InChI=1S/C11H21NO2S/c1-3-10-9-12(7-8-15-10)6-4-5-11(13)14-2/h10H,3-9H2,1-2H3. The molecule has 0 aromatic carbocycles. The van der Waals surface area contributed by atoms with Gasteiger partial charge < -0.3 is 9.64 Å². The quantitative estimate of drug-likeness (QED) is 0.674. The number of thioether (sulfide) groups is 1. The van der Waals surface area contributed by atoms with Gasteiger partial charge >= 0.3 is 5.97 Å². The van der Waals surface area contributed by atoms with Crippen molar-refractivity contribution in [1.82, 2.24) is 4.90 Å². The van der Waals surface area contributed by atoms with E-state index in [0.717, 1.165) is 18.2 Å². The molecule has 1 rings (SSSR count). The van der Waals surface area contributed by atoms with Crippen LogP contribution in [0.2, 0.25) is 0 Å². The lowest BCUT2D eigenvalue weighted by Crippen LogP contribution is -2.38. The highest BCUT2D eigenvalue weighted by Gasteiger charge is 2.18. The molecule has 0 aromatic rings. The van der Waals surface area contributed by atoms with E-state index in [1.807, 2.05) is 0 Å². The predicted octanol–water partition coefficient (Wildman–Crippen LogP) is 1.77. The van der Waals surface area contributed by atoms with E-state index < -0.39 is 0 Å². The molecule has 1 heterocycles. The third-order valence-electron chi connectivity index (χ3n) is 2.76. The van der Waals surface area contributed by atoms with Crippen LogP contribution >= 0.6 is 11.8 Å². The van der Waals surface area contributed by atoms with Crippen LogP contribution < -0.4 is 0 Å². The van der Waals surface area contributed by atoms with E-state index in [-0.39, 0.29) is 5.97 Å². The summed E-state index contributed by atoms with van der Waals surface area (Å²) < 4.78 is 4.62. The van der Waals surface area contributed by atoms with Crippen LogP contribution in [0.4, 0.5) is 0 Å². The number of rotatable bonds is 5. The summed E-state index contributed by atoms with van der Waals surface area (Å²) in [7, 11) is 1.45. The van der Waals surface area contributed by atoms with Gasteiger partial charge in [0.25, 0.3) is 0 Å². The highest BCUT2D eigenvalue weighted by Crippen LogP contribution is 2.21. The topological polar surface area (TPSA) is 29.5 Å². The van der Waals surface area contributed by atoms with Gasteiger partial charge in [0.15, 0.2) is 0 Å². The maximum Gasteiger partial charge on any atom is 0.305 e. The first-order valence-corrected chi connectivity index (χ1v) is 6.72. The first-order chi connectivity index (χ1) is 7.26. The second kappa shape index (κ2) is 7.12.